The molecule has 28 heavy (non-hydrogen) atoms. The maximum Gasteiger partial charge on any atom is 0.239 e. The van der Waals surface area contributed by atoms with Gasteiger partial charge in [0.25, 0.3) is 0 Å². The Kier molecular flexibility index (Phi) is 11.4. The van der Waals surface area contributed by atoms with E-state index in [4.69, 9.17) is 0 Å². The average Bonchev–Trinajstić information content (AvgIpc) is 2.69. The van der Waals surface area contributed by atoms with E-state index in [1.807, 2.05) is 0 Å². The minimum atomic E-state index is -0.421. The van der Waals surface area contributed by atoms with Crippen molar-refractivity contribution < 1.29 is 19.2 Å². The molecule has 0 radical (unpaired) electrons. The van der Waals surface area contributed by atoms with Gasteiger partial charge in [0.15, 0.2) is 5.78 Å². The fraction of sp³-hybridized carbons (Fsp3) is 0.810. The van der Waals surface area contributed by atoms with E-state index < -0.39 is 11.8 Å². The van der Waals surface area contributed by atoms with E-state index in [1.54, 1.807) is 13.8 Å². The van der Waals surface area contributed by atoms with Crippen LogP contribution in [0.15, 0.2) is 0 Å². The molecular formula is C21H37N3O4. The van der Waals surface area contributed by atoms with Gasteiger partial charge in [-0.05, 0) is 31.6 Å². The highest BCUT2D eigenvalue weighted by molar-refractivity contribution is 5.91. The predicted octanol–water partition coefficient (Wildman–Crippen LogP) is 1.95. The second-order valence-corrected chi connectivity index (χ2v) is 8.11. The molecule has 7 nitrogen and oxygen atoms in total. The van der Waals surface area contributed by atoms with E-state index >= 15 is 0 Å². The molecule has 0 aromatic heterocycles. The van der Waals surface area contributed by atoms with E-state index in [1.165, 1.54) is 25.7 Å². The van der Waals surface area contributed by atoms with Gasteiger partial charge < -0.3 is 16.0 Å². The number of rotatable bonds is 12. The summed E-state index contributed by atoms with van der Waals surface area (Å²) in [6.07, 6.45) is 8.99. The van der Waals surface area contributed by atoms with Crippen LogP contribution in [0.5, 0.6) is 0 Å². The Morgan fingerprint density at radius 2 is 1.39 bits per heavy atom. The number of carbonyl (C=O) groups excluding carboxylic acids is 4. The SMILES string of the molecule is CCCCCC1CCC(C(=O)NCC(=O)NCC(=O)NCC(=O)C(C)C)CC1. The van der Waals surface area contributed by atoms with Crippen molar-refractivity contribution >= 4 is 23.5 Å². The molecule has 160 valence electrons. The lowest BCUT2D eigenvalue weighted by Crippen LogP contribution is -2.44. The maximum absolute atomic E-state index is 12.2. The fourth-order valence-electron chi connectivity index (χ4n) is 3.40. The molecule has 7 heteroatoms. The summed E-state index contributed by atoms with van der Waals surface area (Å²) in [5, 5.41) is 7.59. The molecule has 3 amide bonds. The fourth-order valence-corrected chi connectivity index (χ4v) is 3.40. The quantitative estimate of drug-likeness (QED) is 0.439. The average molecular weight is 396 g/mol. The first kappa shape index (κ1) is 24.1. The van der Waals surface area contributed by atoms with Crippen molar-refractivity contribution in [1.29, 1.82) is 0 Å². The third kappa shape index (κ3) is 9.85. The molecule has 1 rings (SSSR count). The third-order valence-corrected chi connectivity index (χ3v) is 5.41. The zero-order valence-corrected chi connectivity index (χ0v) is 17.6. The first-order valence-corrected chi connectivity index (χ1v) is 10.7. The van der Waals surface area contributed by atoms with Gasteiger partial charge in [0.05, 0.1) is 19.6 Å². The number of unbranched alkanes of at least 4 members (excludes halogenated alkanes) is 2. The van der Waals surface area contributed by atoms with Gasteiger partial charge in [-0.2, -0.15) is 0 Å². The minimum absolute atomic E-state index is 0.0134. The predicted molar refractivity (Wildman–Crippen MR) is 108 cm³/mol. The lowest BCUT2D eigenvalue weighted by atomic mass is 9.79. The molecule has 0 heterocycles. The highest BCUT2D eigenvalue weighted by Gasteiger charge is 2.26. The molecule has 0 aromatic rings. The van der Waals surface area contributed by atoms with Crippen molar-refractivity contribution in [1.82, 2.24) is 16.0 Å². The second-order valence-electron chi connectivity index (χ2n) is 8.11. The van der Waals surface area contributed by atoms with Crippen molar-refractivity contribution in [2.45, 2.75) is 72.1 Å². The van der Waals surface area contributed by atoms with Crippen molar-refractivity contribution in [2.75, 3.05) is 19.6 Å². The molecule has 0 bridgehead atoms. The van der Waals surface area contributed by atoms with E-state index in [0.717, 1.165) is 31.6 Å². The number of carbonyl (C=O) groups is 4. The van der Waals surface area contributed by atoms with Gasteiger partial charge in [-0.25, -0.2) is 0 Å². The van der Waals surface area contributed by atoms with Crippen molar-refractivity contribution in [3.8, 4) is 0 Å². The summed E-state index contributed by atoms with van der Waals surface area (Å²) in [5.41, 5.74) is 0. The van der Waals surface area contributed by atoms with Gasteiger partial charge in [0, 0.05) is 11.8 Å². The van der Waals surface area contributed by atoms with Crippen LogP contribution >= 0.6 is 0 Å². The Bertz CT molecular complexity index is 526. The molecule has 0 spiro atoms. The van der Waals surface area contributed by atoms with Crippen molar-refractivity contribution in [3.63, 3.8) is 0 Å². The summed E-state index contributed by atoms with van der Waals surface area (Å²) in [5.74, 6) is -0.389. The number of hydrogen-bond acceptors (Lipinski definition) is 4. The number of nitrogens with one attached hydrogen (secondary N) is 3. The van der Waals surface area contributed by atoms with Gasteiger partial charge in [0.2, 0.25) is 17.7 Å². The lowest BCUT2D eigenvalue weighted by Gasteiger charge is -2.27. The summed E-state index contributed by atoms with van der Waals surface area (Å²) >= 11 is 0. The van der Waals surface area contributed by atoms with Gasteiger partial charge in [-0.3, -0.25) is 19.2 Å². The first-order chi connectivity index (χ1) is 13.3. The van der Waals surface area contributed by atoms with E-state index in [-0.39, 0.29) is 43.2 Å². The number of ketones is 1. The van der Waals surface area contributed by atoms with Crippen LogP contribution in [-0.4, -0.2) is 43.1 Å². The summed E-state index contributed by atoms with van der Waals surface area (Å²) in [4.78, 5) is 47.1. The normalized spacial score (nSPS) is 19.1. The van der Waals surface area contributed by atoms with Gasteiger partial charge >= 0.3 is 0 Å². The highest BCUT2D eigenvalue weighted by atomic mass is 16.2. The molecule has 1 saturated carbocycles. The largest absolute Gasteiger partial charge is 0.347 e. The zero-order chi connectivity index (χ0) is 20.9. The molecule has 0 atom stereocenters. The molecule has 0 unspecified atom stereocenters. The molecular weight excluding hydrogens is 358 g/mol. The van der Waals surface area contributed by atoms with Crippen LogP contribution in [-0.2, 0) is 19.2 Å². The Hall–Kier alpha value is -1.92. The third-order valence-electron chi connectivity index (χ3n) is 5.41. The molecule has 1 aliphatic carbocycles. The monoisotopic (exact) mass is 395 g/mol. The summed E-state index contributed by atoms with van der Waals surface area (Å²) < 4.78 is 0. The minimum Gasteiger partial charge on any atom is -0.347 e. The van der Waals surface area contributed by atoms with Crippen molar-refractivity contribution in [3.05, 3.63) is 0 Å². The summed E-state index contributed by atoms with van der Waals surface area (Å²) in [6.45, 7) is 5.36. The number of amides is 3. The van der Waals surface area contributed by atoms with E-state index in [0.29, 0.717) is 0 Å². The summed E-state index contributed by atoms with van der Waals surface area (Å²) in [7, 11) is 0. The van der Waals surface area contributed by atoms with E-state index in [9.17, 15) is 19.2 Å². The topological polar surface area (TPSA) is 104 Å². The van der Waals surface area contributed by atoms with E-state index in [2.05, 4.69) is 22.9 Å². The second kappa shape index (κ2) is 13.3. The smallest absolute Gasteiger partial charge is 0.239 e. The van der Waals surface area contributed by atoms with Crippen LogP contribution in [0.25, 0.3) is 0 Å². The van der Waals surface area contributed by atoms with Crippen LogP contribution in [0.2, 0.25) is 0 Å². The van der Waals surface area contributed by atoms with Crippen LogP contribution in [0.4, 0.5) is 0 Å². The van der Waals surface area contributed by atoms with Crippen molar-refractivity contribution in [2.24, 2.45) is 17.8 Å². The Labute approximate surface area is 168 Å². The molecule has 1 aliphatic rings. The molecule has 1 fully saturated rings. The number of Topliss-reactive ketones (excluding diaryl/α,β-unsaturated/α-hetero) is 1. The Balaban J connectivity index is 2.15. The first-order valence-electron chi connectivity index (χ1n) is 10.7. The lowest BCUT2D eigenvalue weighted by molar-refractivity contribution is -0.130. The zero-order valence-electron chi connectivity index (χ0n) is 17.6. The number of hydrogen-bond donors (Lipinski definition) is 3. The molecule has 3 N–H and O–H groups in total. The summed E-state index contributed by atoms with van der Waals surface area (Å²) in [6, 6.07) is 0. The standard InChI is InChI=1S/C21H37N3O4/c1-4-5-6-7-16-8-10-17(11-9-16)21(28)24-14-20(27)23-13-19(26)22-12-18(25)15(2)3/h15-17H,4-14H2,1-3H3,(H,22,26)(H,23,27)(H,24,28). The Morgan fingerprint density at radius 3 is 1.96 bits per heavy atom. The highest BCUT2D eigenvalue weighted by Crippen LogP contribution is 2.32. The van der Waals surface area contributed by atoms with Crippen LogP contribution in [0, 0.1) is 17.8 Å². The Morgan fingerprint density at radius 1 is 0.821 bits per heavy atom. The van der Waals surface area contributed by atoms with Gasteiger partial charge in [-0.15, -0.1) is 0 Å². The van der Waals surface area contributed by atoms with Crippen LogP contribution in [0.3, 0.4) is 0 Å². The molecule has 0 aromatic carbocycles. The maximum atomic E-state index is 12.2. The molecule has 0 saturated heterocycles. The van der Waals surface area contributed by atoms with Gasteiger partial charge in [0.1, 0.15) is 0 Å². The molecule has 0 aliphatic heterocycles. The van der Waals surface area contributed by atoms with Crippen LogP contribution in [0.1, 0.15) is 72.1 Å². The van der Waals surface area contributed by atoms with Gasteiger partial charge in [-0.1, -0.05) is 46.5 Å². The van der Waals surface area contributed by atoms with Crippen LogP contribution < -0.4 is 16.0 Å².